The summed E-state index contributed by atoms with van der Waals surface area (Å²) in [6.07, 6.45) is -12.5. The number of hydrogen-bond acceptors (Lipinski definition) is 15. The molecule has 65 heavy (non-hydrogen) atoms. The molecule has 2 aliphatic heterocycles. The van der Waals surface area contributed by atoms with Crippen molar-refractivity contribution in [2.24, 2.45) is 50.2 Å². The second-order valence-electron chi connectivity index (χ2n) is 22.4. The molecule has 7 aliphatic rings. The summed E-state index contributed by atoms with van der Waals surface area (Å²) >= 11 is 0. The lowest BCUT2D eigenvalue weighted by Gasteiger charge is -2.70. The molecule has 20 atom stereocenters. The van der Waals surface area contributed by atoms with Crippen molar-refractivity contribution in [3.63, 3.8) is 0 Å². The Bertz CT molecular complexity index is 1940. The van der Waals surface area contributed by atoms with Crippen molar-refractivity contribution < 1.29 is 88.9 Å². The molecule has 7 rings (SSSR count). The number of carboxylic acids is 4. The average molecular weight is 924 g/mol. The molecule has 2 heterocycles. The average Bonchev–Trinajstić information content (AvgIpc) is 3.21. The zero-order valence-corrected chi connectivity index (χ0v) is 38.2. The first-order chi connectivity index (χ1) is 30.0. The molecule has 0 bridgehead atoms. The third-order valence-corrected chi connectivity index (χ3v) is 18.3. The number of hydrogen-bond donors (Lipinski definition) is 10. The van der Waals surface area contributed by atoms with Crippen LogP contribution < -0.4 is 5.32 Å². The third-order valence-electron chi connectivity index (χ3n) is 18.3. The molecule has 366 valence electrons. The maximum Gasteiger partial charge on any atom is 0.335 e. The highest BCUT2D eigenvalue weighted by Crippen LogP contribution is 2.75. The van der Waals surface area contributed by atoms with E-state index in [0.29, 0.717) is 38.6 Å². The molecule has 0 radical (unpaired) electrons. The molecule has 0 amide bonds. The van der Waals surface area contributed by atoms with E-state index in [-0.39, 0.29) is 39.8 Å². The van der Waals surface area contributed by atoms with Gasteiger partial charge >= 0.3 is 23.9 Å². The van der Waals surface area contributed by atoms with Gasteiger partial charge in [-0.1, -0.05) is 54.0 Å². The topological polar surface area (TPSA) is 316 Å². The quantitative estimate of drug-likeness (QED) is 0.125. The minimum absolute atomic E-state index is 0.0509. The first-order valence-corrected chi connectivity index (χ1v) is 23.0. The van der Waals surface area contributed by atoms with E-state index >= 15 is 4.79 Å². The van der Waals surface area contributed by atoms with Crippen molar-refractivity contribution in [3.8, 4) is 0 Å². The Morgan fingerprint density at radius 3 is 1.94 bits per heavy atom. The first-order valence-electron chi connectivity index (χ1n) is 23.0. The maximum atomic E-state index is 15.1. The van der Waals surface area contributed by atoms with Crippen molar-refractivity contribution >= 4 is 29.7 Å². The van der Waals surface area contributed by atoms with Gasteiger partial charge in [-0.15, -0.1) is 0 Å². The van der Waals surface area contributed by atoms with E-state index in [1.165, 1.54) is 0 Å². The van der Waals surface area contributed by atoms with E-state index in [0.717, 1.165) is 31.3 Å². The lowest BCUT2D eigenvalue weighted by molar-refractivity contribution is -0.371. The van der Waals surface area contributed by atoms with E-state index in [1.54, 1.807) is 0 Å². The Morgan fingerprint density at radius 2 is 1.34 bits per heavy atom. The van der Waals surface area contributed by atoms with Gasteiger partial charge in [0.2, 0.25) is 0 Å². The summed E-state index contributed by atoms with van der Waals surface area (Å²) in [7, 11) is 0. The number of carboxylic acid groups (broad SMARTS) is 4. The molecule has 0 aromatic carbocycles. The van der Waals surface area contributed by atoms with E-state index in [4.69, 9.17) is 18.9 Å². The number of carbonyl (C=O) groups is 5. The molecule has 19 heteroatoms. The molecular weight excluding hydrogens is 854 g/mol. The molecule has 19 nitrogen and oxygen atoms in total. The normalized spacial score (nSPS) is 48.6. The summed E-state index contributed by atoms with van der Waals surface area (Å²) in [6, 6.07) is -1.22. The van der Waals surface area contributed by atoms with Gasteiger partial charge in [0, 0.05) is 12.5 Å². The van der Waals surface area contributed by atoms with E-state index in [9.17, 15) is 65.1 Å². The van der Waals surface area contributed by atoms with Gasteiger partial charge in [0.05, 0.1) is 12.5 Å². The maximum absolute atomic E-state index is 15.1. The van der Waals surface area contributed by atoms with Gasteiger partial charge in [-0.05, 0) is 108 Å². The molecule has 2 saturated heterocycles. The zero-order chi connectivity index (χ0) is 48.1. The number of rotatable bonds is 12. The monoisotopic (exact) mass is 923 g/mol. The highest BCUT2D eigenvalue weighted by Gasteiger charge is 2.70. The highest BCUT2D eigenvalue weighted by molar-refractivity contribution is 5.95. The molecular formula is C46H69NO18. The Balaban J connectivity index is 1.14. The number of allylic oxidation sites excluding steroid dienone is 2. The lowest BCUT2D eigenvalue weighted by Crippen LogP contribution is -2.68. The summed E-state index contributed by atoms with van der Waals surface area (Å²) < 4.78 is 23.5. The van der Waals surface area contributed by atoms with Crippen molar-refractivity contribution in [1.82, 2.24) is 5.32 Å². The van der Waals surface area contributed by atoms with Gasteiger partial charge in [-0.3, -0.25) is 14.4 Å². The molecule has 0 spiro atoms. The number of carbonyl (C=O) groups excluding carboxylic acids is 1. The lowest BCUT2D eigenvalue weighted by atomic mass is 9.33. The standard InChI is InChI=1S/C46H69NO18/c1-41(2)24-8-11-46(7)35(23(48)16-20-21-18-42(3,19-47-22(36(56)57)17-26(49)50)12-13-43(21,4)14-15-45(20,46)6)44(24,5)10-9-25(41)62-40-34(30(54)29(53)33(64-40)38(60)61)65-39-31(55)27(51)28(52)32(63-39)37(58)59/h16,21-22,24-25,27-35,39-40,47,51-55H,8-15,17-19H2,1-7H3,(H,49,50)(H,56,57)(H,58,59)(H,60,61)/t21-,22-,24-,25-,27-,28-,29-,30-,31+,32-,33-,34+,35+,39-,40+,42-,43+,44-,45+,46+/m0/s1. The van der Waals surface area contributed by atoms with E-state index < -0.39 is 120 Å². The Kier molecular flexibility index (Phi) is 13.1. The fourth-order valence-electron chi connectivity index (χ4n) is 14.2. The van der Waals surface area contributed by atoms with E-state index in [2.05, 4.69) is 39.9 Å². The van der Waals surface area contributed by atoms with Crippen LogP contribution in [0.25, 0.3) is 0 Å². The molecule has 6 fully saturated rings. The van der Waals surface area contributed by atoms with Crippen molar-refractivity contribution in [1.29, 1.82) is 0 Å². The van der Waals surface area contributed by atoms with Crippen LogP contribution in [0, 0.1) is 50.2 Å². The highest BCUT2D eigenvalue weighted by atomic mass is 16.8. The fraction of sp³-hybridized carbons (Fsp3) is 0.848. The van der Waals surface area contributed by atoms with Gasteiger partial charge < -0.3 is 70.2 Å². The van der Waals surface area contributed by atoms with Gasteiger partial charge in [0.15, 0.2) is 30.6 Å². The third kappa shape index (κ3) is 8.16. The Labute approximate surface area is 377 Å². The van der Waals surface area contributed by atoms with Crippen LogP contribution in [0.1, 0.15) is 113 Å². The van der Waals surface area contributed by atoms with Crippen LogP contribution in [0.4, 0.5) is 0 Å². The largest absolute Gasteiger partial charge is 0.481 e. The van der Waals surface area contributed by atoms with Gasteiger partial charge in [-0.25, -0.2) is 9.59 Å². The van der Waals surface area contributed by atoms with Crippen molar-refractivity contribution in [3.05, 3.63) is 11.6 Å². The summed E-state index contributed by atoms with van der Waals surface area (Å²) in [4.78, 5) is 62.5. The number of ether oxygens (including phenoxy) is 4. The summed E-state index contributed by atoms with van der Waals surface area (Å²) in [6.45, 7) is 15.5. The number of fused-ring (bicyclic) bond motifs is 7. The minimum Gasteiger partial charge on any atom is -0.481 e. The van der Waals surface area contributed by atoms with Gasteiger partial charge in [-0.2, -0.15) is 0 Å². The van der Waals surface area contributed by atoms with Crippen LogP contribution in [0.5, 0.6) is 0 Å². The number of aliphatic carboxylic acids is 4. The summed E-state index contributed by atoms with van der Waals surface area (Å²) in [5.41, 5.74) is -1.32. The van der Waals surface area contributed by atoms with Gasteiger partial charge in [0.25, 0.3) is 0 Å². The predicted molar refractivity (Wildman–Crippen MR) is 223 cm³/mol. The van der Waals surface area contributed by atoms with Crippen LogP contribution in [0.15, 0.2) is 11.6 Å². The van der Waals surface area contributed by atoms with E-state index in [1.807, 2.05) is 19.9 Å². The van der Waals surface area contributed by atoms with Crippen LogP contribution >= 0.6 is 0 Å². The zero-order valence-electron chi connectivity index (χ0n) is 38.2. The van der Waals surface area contributed by atoms with Crippen LogP contribution in [-0.4, -0.2) is 156 Å². The smallest absolute Gasteiger partial charge is 0.335 e. The summed E-state index contributed by atoms with van der Waals surface area (Å²) in [5, 5.41) is 95.2. The van der Waals surface area contributed by atoms with Gasteiger partial charge in [0.1, 0.15) is 42.7 Å². The molecule has 0 aromatic rings. The van der Waals surface area contributed by atoms with Crippen LogP contribution in [0.2, 0.25) is 0 Å². The summed E-state index contributed by atoms with van der Waals surface area (Å²) in [5.74, 6) is -6.09. The SMILES string of the molecule is CC1(C)[C@@H](O[C@@H]2O[C@H](C(=O)O)[C@@H](O)[C@H](O)[C@H]2O[C@@H]2O[C@H](C(=O)O)[C@@H](O)[C@H](O)[C@H]2O)CC[C@]2(C)[C@H]3C(=O)C=C4[C@@H]5C[C@@](C)(CN[C@@H](CC(=O)O)C(=O)O)CC[C@]5(C)CC[C@@]4(C)[C@]3(C)CC[C@@H]12. The first kappa shape index (κ1) is 49.8. The number of nitrogens with one attached hydrogen (secondary N) is 1. The second kappa shape index (κ2) is 17.1. The van der Waals surface area contributed by atoms with Crippen molar-refractivity contribution in [2.75, 3.05) is 6.54 Å². The molecule has 10 N–H and O–H groups in total. The number of ketones is 1. The fourth-order valence-corrected chi connectivity index (χ4v) is 14.2. The molecule has 0 aromatic heterocycles. The number of aliphatic hydroxyl groups is 5. The predicted octanol–water partition coefficient (Wildman–Crippen LogP) is 1.68. The minimum atomic E-state index is -2.07. The van der Waals surface area contributed by atoms with Crippen molar-refractivity contribution in [2.45, 2.75) is 186 Å². The molecule has 5 aliphatic carbocycles. The second-order valence-corrected chi connectivity index (χ2v) is 22.4. The number of aliphatic hydroxyl groups excluding tert-OH is 5. The molecule has 4 saturated carbocycles. The van der Waals surface area contributed by atoms with Crippen LogP contribution in [0.3, 0.4) is 0 Å². The van der Waals surface area contributed by atoms with Crippen LogP contribution in [-0.2, 0) is 42.9 Å². The molecule has 0 unspecified atom stereocenters. The Hall–Kier alpha value is -3.11. The Morgan fingerprint density at radius 1 is 0.738 bits per heavy atom.